The van der Waals surface area contributed by atoms with Crippen molar-refractivity contribution >= 4 is 0 Å². The van der Waals surface area contributed by atoms with Gasteiger partial charge in [-0.3, -0.25) is 0 Å². The summed E-state index contributed by atoms with van der Waals surface area (Å²) in [5.41, 5.74) is 10.3. The van der Waals surface area contributed by atoms with Gasteiger partial charge in [0, 0.05) is 18.5 Å². The molecule has 2 aromatic carbocycles. The van der Waals surface area contributed by atoms with Gasteiger partial charge < -0.3 is 10.6 Å². The standard InChI is InChI=1S/C19H24N2/c1-2-21-13-12-18(19(20)14-21)17-10-8-16(9-11-17)15-6-4-3-5-7-15/h3-11,18-19H,2,12-14,20H2,1H3/t18-,19+/m0/s1. The highest BCUT2D eigenvalue weighted by Crippen LogP contribution is 2.29. The summed E-state index contributed by atoms with van der Waals surface area (Å²) in [6.07, 6.45) is 1.17. The van der Waals surface area contributed by atoms with Crippen LogP contribution in [0.15, 0.2) is 54.6 Å². The maximum atomic E-state index is 6.38. The summed E-state index contributed by atoms with van der Waals surface area (Å²) in [5.74, 6) is 0.498. The predicted octanol–water partition coefficient (Wildman–Crippen LogP) is 3.49. The van der Waals surface area contributed by atoms with E-state index in [9.17, 15) is 0 Å². The molecule has 3 rings (SSSR count). The molecular weight excluding hydrogens is 256 g/mol. The van der Waals surface area contributed by atoms with Crippen LogP contribution >= 0.6 is 0 Å². The van der Waals surface area contributed by atoms with Gasteiger partial charge in [-0.05, 0) is 36.2 Å². The van der Waals surface area contributed by atoms with E-state index < -0.39 is 0 Å². The van der Waals surface area contributed by atoms with Crippen molar-refractivity contribution in [2.75, 3.05) is 19.6 Å². The van der Waals surface area contributed by atoms with Crippen molar-refractivity contribution < 1.29 is 0 Å². The fourth-order valence-corrected chi connectivity index (χ4v) is 3.31. The highest BCUT2D eigenvalue weighted by atomic mass is 15.1. The minimum atomic E-state index is 0.251. The van der Waals surface area contributed by atoms with Crippen LogP contribution in [0.5, 0.6) is 0 Å². The number of nitrogens with zero attached hydrogens (tertiary/aromatic N) is 1. The van der Waals surface area contributed by atoms with Gasteiger partial charge in [-0.25, -0.2) is 0 Å². The summed E-state index contributed by atoms with van der Waals surface area (Å²) in [4.78, 5) is 2.44. The molecule has 2 N–H and O–H groups in total. The van der Waals surface area contributed by atoms with E-state index in [2.05, 4.69) is 66.4 Å². The molecule has 1 aliphatic heterocycles. The zero-order valence-electron chi connectivity index (χ0n) is 12.7. The van der Waals surface area contributed by atoms with Gasteiger partial charge >= 0.3 is 0 Å². The lowest BCUT2D eigenvalue weighted by Crippen LogP contribution is -2.47. The molecule has 2 atom stereocenters. The van der Waals surface area contributed by atoms with Gasteiger partial charge in [0.2, 0.25) is 0 Å². The second-order valence-electron chi connectivity index (χ2n) is 5.94. The molecule has 0 saturated carbocycles. The van der Waals surface area contributed by atoms with Gasteiger partial charge in [0.15, 0.2) is 0 Å². The Bertz CT molecular complexity index is 562. The third-order valence-corrected chi connectivity index (χ3v) is 4.64. The van der Waals surface area contributed by atoms with Crippen molar-refractivity contribution in [1.82, 2.24) is 4.90 Å². The number of hydrogen-bond donors (Lipinski definition) is 1. The summed E-state index contributed by atoms with van der Waals surface area (Å²) >= 11 is 0. The van der Waals surface area contributed by atoms with Crippen LogP contribution in [0.1, 0.15) is 24.8 Å². The topological polar surface area (TPSA) is 29.3 Å². The molecule has 1 saturated heterocycles. The van der Waals surface area contributed by atoms with Crippen molar-refractivity contribution in [3.05, 3.63) is 60.2 Å². The van der Waals surface area contributed by atoms with E-state index in [0.29, 0.717) is 5.92 Å². The van der Waals surface area contributed by atoms with Crippen LogP contribution in [-0.2, 0) is 0 Å². The second kappa shape index (κ2) is 6.42. The number of nitrogens with two attached hydrogens (primary N) is 1. The Morgan fingerprint density at radius 3 is 2.29 bits per heavy atom. The highest BCUT2D eigenvalue weighted by Gasteiger charge is 2.26. The quantitative estimate of drug-likeness (QED) is 0.932. The SMILES string of the molecule is CCN1CC[C@@H](c2ccc(-c3ccccc3)cc2)[C@H](N)C1. The number of likely N-dealkylation sites (tertiary alicyclic amines) is 1. The molecule has 0 unspecified atom stereocenters. The van der Waals surface area contributed by atoms with Gasteiger partial charge in [0.25, 0.3) is 0 Å². The Labute approximate surface area is 127 Å². The first kappa shape index (κ1) is 14.3. The molecule has 0 spiro atoms. The van der Waals surface area contributed by atoms with Crippen LogP contribution in [0.25, 0.3) is 11.1 Å². The van der Waals surface area contributed by atoms with E-state index in [1.54, 1.807) is 0 Å². The molecule has 0 amide bonds. The Morgan fingerprint density at radius 2 is 1.67 bits per heavy atom. The Balaban J connectivity index is 1.76. The van der Waals surface area contributed by atoms with Crippen molar-refractivity contribution in [3.8, 4) is 11.1 Å². The monoisotopic (exact) mass is 280 g/mol. The number of benzene rings is 2. The minimum absolute atomic E-state index is 0.251. The number of hydrogen-bond acceptors (Lipinski definition) is 2. The number of likely N-dealkylation sites (N-methyl/N-ethyl adjacent to an activating group) is 1. The molecule has 2 aromatic rings. The highest BCUT2D eigenvalue weighted by molar-refractivity contribution is 5.63. The lowest BCUT2D eigenvalue weighted by Gasteiger charge is -2.36. The molecule has 1 fully saturated rings. The molecule has 0 bridgehead atoms. The predicted molar refractivity (Wildman–Crippen MR) is 89.3 cm³/mol. The summed E-state index contributed by atoms with van der Waals surface area (Å²) < 4.78 is 0. The lowest BCUT2D eigenvalue weighted by molar-refractivity contribution is 0.199. The molecule has 1 aliphatic rings. The van der Waals surface area contributed by atoms with Crippen molar-refractivity contribution in [2.45, 2.75) is 25.3 Å². The van der Waals surface area contributed by atoms with Crippen molar-refractivity contribution in [3.63, 3.8) is 0 Å². The molecule has 0 radical (unpaired) electrons. The van der Waals surface area contributed by atoms with Crippen LogP contribution in [0, 0.1) is 0 Å². The van der Waals surface area contributed by atoms with Gasteiger partial charge in [0.1, 0.15) is 0 Å². The summed E-state index contributed by atoms with van der Waals surface area (Å²) in [6.45, 7) is 5.49. The van der Waals surface area contributed by atoms with Gasteiger partial charge in [-0.1, -0.05) is 61.5 Å². The second-order valence-corrected chi connectivity index (χ2v) is 5.94. The third-order valence-electron chi connectivity index (χ3n) is 4.64. The number of piperidine rings is 1. The average molecular weight is 280 g/mol. The van der Waals surface area contributed by atoms with Crippen molar-refractivity contribution in [1.29, 1.82) is 0 Å². The van der Waals surface area contributed by atoms with Crippen LogP contribution in [0.2, 0.25) is 0 Å². The molecule has 2 nitrogen and oxygen atoms in total. The van der Waals surface area contributed by atoms with E-state index in [0.717, 1.165) is 19.6 Å². The minimum Gasteiger partial charge on any atom is -0.326 e. The molecule has 1 heterocycles. The molecular formula is C19H24N2. The first-order valence-electron chi connectivity index (χ1n) is 7.91. The fourth-order valence-electron chi connectivity index (χ4n) is 3.31. The average Bonchev–Trinajstić information content (AvgIpc) is 2.56. The van der Waals surface area contributed by atoms with E-state index in [-0.39, 0.29) is 6.04 Å². The Hall–Kier alpha value is -1.64. The van der Waals surface area contributed by atoms with Crippen LogP contribution in [0.4, 0.5) is 0 Å². The molecule has 0 aliphatic carbocycles. The zero-order chi connectivity index (χ0) is 14.7. The molecule has 21 heavy (non-hydrogen) atoms. The lowest BCUT2D eigenvalue weighted by atomic mass is 9.85. The summed E-state index contributed by atoms with van der Waals surface area (Å²) in [6, 6.07) is 19.7. The fraction of sp³-hybridized carbons (Fsp3) is 0.368. The van der Waals surface area contributed by atoms with Gasteiger partial charge in [-0.2, -0.15) is 0 Å². The van der Waals surface area contributed by atoms with E-state index >= 15 is 0 Å². The van der Waals surface area contributed by atoms with Gasteiger partial charge in [-0.15, -0.1) is 0 Å². The third kappa shape index (κ3) is 3.17. The first-order chi connectivity index (χ1) is 10.3. The zero-order valence-corrected chi connectivity index (χ0v) is 12.7. The van der Waals surface area contributed by atoms with Crippen LogP contribution < -0.4 is 5.73 Å². The molecule has 110 valence electrons. The maximum absolute atomic E-state index is 6.38. The van der Waals surface area contributed by atoms with E-state index in [1.807, 2.05) is 0 Å². The van der Waals surface area contributed by atoms with Crippen molar-refractivity contribution in [2.24, 2.45) is 5.73 Å². The molecule has 0 aromatic heterocycles. The van der Waals surface area contributed by atoms with Crippen LogP contribution in [0.3, 0.4) is 0 Å². The Morgan fingerprint density at radius 1 is 1.00 bits per heavy atom. The molecule has 2 heteroatoms. The number of rotatable bonds is 3. The van der Waals surface area contributed by atoms with Crippen LogP contribution in [-0.4, -0.2) is 30.6 Å². The largest absolute Gasteiger partial charge is 0.326 e. The Kier molecular flexibility index (Phi) is 4.37. The summed E-state index contributed by atoms with van der Waals surface area (Å²) in [7, 11) is 0. The van der Waals surface area contributed by atoms with Gasteiger partial charge in [0.05, 0.1) is 0 Å². The maximum Gasteiger partial charge on any atom is 0.0237 e. The normalized spacial score (nSPS) is 23.1. The van der Waals surface area contributed by atoms with E-state index in [1.165, 1.54) is 23.1 Å². The first-order valence-corrected chi connectivity index (χ1v) is 7.91. The summed E-state index contributed by atoms with van der Waals surface area (Å²) in [5, 5.41) is 0. The smallest absolute Gasteiger partial charge is 0.0237 e. The van der Waals surface area contributed by atoms with E-state index in [4.69, 9.17) is 5.73 Å².